The Hall–Kier alpha value is -3.36. The highest BCUT2D eigenvalue weighted by Crippen LogP contribution is 2.40. The zero-order valence-corrected chi connectivity index (χ0v) is 22.2. The summed E-state index contributed by atoms with van der Waals surface area (Å²) >= 11 is 0. The number of benzene rings is 2. The molecular formula is C29H37N3O5. The van der Waals surface area contributed by atoms with Gasteiger partial charge in [-0.25, -0.2) is 0 Å². The maximum Gasteiger partial charge on any atom is 0.295 e. The minimum Gasteiger partial charge on any atom is -0.507 e. The number of carbonyl (C=O) groups is 2. The van der Waals surface area contributed by atoms with Crippen LogP contribution in [0, 0.1) is 6.92 Å². The molecular weight excluding hydrogens is 470 g/mol. The fourth-order valence-electron chi connectivity index (χ4n) is 4.81. The van der Waals surface area contributed by atoms with E-state index in [1.807, 2.05) is 57.1 Å². The molecule has 0 radical (unpaired) electrons. The third-order valence-corrected chi connectivity index (χ3v) is 6.94. The SMILES string of the molecule is CCCOc1ccc(C(O)=C2C(=O)C(=O)N(CCN3CCOCC3)[C@H]2c2ccc(N(C)C)cc2)cc1C. The summed E-state index contributed by atoms with van der Waals surface area (Å²) in [5.41, 5.74) is 3.25. The molecule has 0 spiro atoms. The van der Waals surface area contributed by atoms with Crippen LogP contribution in [-0.2, 0) is 14.3 Å². The number of ketones is 1. The first-order valence-corrected chi connectivity index (χ1v) is 12.9. The molecule has 37 heavy (non-hydrogen) atoms. The Bertz CT molecular complexity index is 1150. The summed E-state index contributed by atoms with van der Waals surface area (Å²) in [5.74, 6) is -0.680. The molecule has 2 aliphatic heterocycles. The first-order valence-electron chi connectivity index (χ1n) is 12.9. The summed E-state index contributed by atoms with van der Waals surface area (Å²) in [6.45, 7) is 8.45. The highest BCUT2D eigenvalue weighted by Gasteiger charge is 2.46. The Morgan fingerprint density at radius 1 is 1.08 bits per heavy atom. The maximum absolute atomic E-state index is 13.4. The number of aliphatic hydroxyl groups excluding tert-OH is 1. The molecule has 2 aliphatic rings. The molecule has 198 valence electrons. The zero-order valence-electron chi connectivity index (χ0n) is 22.2. The quantitative estimate of drug-likeness (QED) is 0.315. The molecule has 4 rings (SSSR count). The van der Waals surface area contributed by atoms with Crippen LogP contribution in [0.25, 0.3) is 5.76 Å². The fourth-order valence-corrected chi connectivity index (χ4v) is 4.81. The maximum atomic E-state index is 13.4. The van der Waals surface area contributed by atoms with Crippen molar-refractivity contribution >= 4 is 23.1 Å². The van der Waals surface area contributed by atoms with E-state index in [0.717, 1.165) is 42.1 Å². The van der Waals surface area contributed by atoms with E-state index in [-0.39, 0.29) is 11.3 Å². The van der Waals surface area contributed by atoms with E-state index in [0.29, 0.717) is 38.5 Å². The summed E-state index contributed by atoms with van der Waals surface area (Å²) in [6.07, 6.45) is 0.891. The van der Waals surface area contributed by atoms with E-state index in [4.69, 9.17) is 9.47 Å². The minimum atomic E-state index is -0.673. The molecule has 1 amide bonds. The lowest BCUT2D eigenvalue weighted by atomic mass is 9.94. The summed E-state index contributed by atoms with van der Waals surface area (Å²) in [6, 6.07) is 12.4. The van der Waals surface area contributed by atoms with Gasteiger partial charge in [-0.05, 0) is 54.8 Å². The lowest BCUT2D eigenvalue weighted by molar-refractivity contribution is -0.140. The van der Waals surface area contributed by atoms with Crippen LogP contribution >= 0.6 is 0 Å². The van der Waals surface area contributed by atoms with E-state index in [2.05, 4.69) is 4.90 Å². The van der Waals surface area contributed by atoms with Crippen LogP contribution in [0.5, 0.6) is 5.75 Å². The summed E-state index contributed by atoms with van der Waals surface area (Å²) in [4.78, 5) is 32.5. The molecule has 8 nitrogen and oxygen atoms in total. The number of nitrogens with zero attached hydrogens (tertiary/aromatic N) is 3. The number of Topliss-reactive ketones (excluding diaryl/α,β-unsaturated/α-hetero) is 1. The molecule has 8 heteroatoms. The van der Waals surface area contributed by atoms with Gasteiger partial charge in [0.1, 0.15) is 11.5 Å². The van der Waals surface area contributed by atoms with Gasteiger partial charge < -0.3 is 24.4 Å². The minimum absolute atomic E-state index is 0.117. The average Bonchev–Trinajstić information content (AvgIpc) is 3.16. The molecule has 0 unspecified atom stereocenters. The molecule has 1 N–H and O–H groups in total. The van der Waals surface area contributed by atoms with Gasteiger partial charge >= 0.3 is 0 Å². The third kappa shape index (κ3) is 5.81. The molecule has 0 bridgehead atoms. The third-order valence-electron chi connectivity index (χ3n) is 6.94. The van der Waals surface area contributed by atoms with Crippen LogP contribution < -0.4 is 9.64 Å². The van der Waals surface area contributed by atoms with Gasteiger partial charge in [-0.3, -0.25) is 14.5 Å². The lowest BCUT2D eigenvalue weighted by Crippen LogP contribution is -2.42. The number of aryl methyl sites for hydroxylation is 1. The Morgan fingerprint density at radius 3 is 2.41 bits per heavy atom. The molecule has 2 heterocycles. The molecule has 0 aromatic heterocycles. The first kappa shape index (κ1) is 26.7. The van der Waals surface area contributed by atoms with E-state index < -0.39 is 17.7 Å². The molecule has 0 saturated carbocycles. The molecule has 2 saturated heterocycles. The number of anilines is 1. The normalized spacial score (nSPS) is 19.9. The van der Waals surface area contributed by atoms with Gasteiger partial charge in [0, 0.05) is 51.5 Å². The van der Waals surface area contributed by atoms with E-state index >= 15 is 0 Å². The number of hydrogen-bond donors (Lipinski definition) is 1. The summed E-state index contributed by atoms with van der Waals surface area (Å²) in [5, 5.41) is 11.4. The van der Waals surface area contributed by atoms with Gasteiger partial charge in [0.15, 0.2) is 0 Å². The predicted octanol–water partition coefficient (Wildman–Crippen LogP) is 3.60. The van der Waals surface area contributed by atoms with Crippen molar-refractivity contribution in [3.63, 3.8) is 0 Å². The number of hydrogen-bond acceptors (Lipinski definition) is 7. The average molecular weight is 508 g/mol. The molecule has 1 atom stereocenters. The van der Waals surface area contributed by atoms with Crippen molar-refractivity contribution in [2.24, 2.45) is 0 Å². The van der Waals surface area contributed by atoms with E-state index in [9.17, 15) is 14.7 Å². The van der Waals surface area contributed by atoms with Crippen molar-refractivity contribution in [2.75, 3.05) is 65.0 Å². The van der Waals surface area contributed by atoms with Crippen LogP contribution in [0.1, 0.15) is 36.1 Å². The second-order valence-electron chi connectivity index (χ2n) is 9.76. The number of likely N-dealkylation sites (tertiary alicyclic amines) is 1. The Morgan fingerprint density at radius 2 is 1.78 bits per heavy atom. The van der Waals surface area contributed by atoms with Crippen molar-refractivity contribution in [3.05, 3.63) is 64.7 Å². The van der Waals surface area contributed by atoms with Crippen LogP contribution in [0.2, 0.25) is 0 Å². The molecule has 2 aromatic rings. The van der Waals surface area contributed by atoms with Crippen molar-refractivity contribution < 1.29 is 24.2 Å². The Labute approximate surface area is 219 Å². The molecule has 2 aromatic carbocycles. The van der Waals surface area contributed by atoms with Gasteiger partial charge in [0.2, 0.25) is 0 Å². The Balaban J connectivity index is 1.72. The van der Waals surface area contributed by atoms with Gasteiger partial charge in [0.05, 0.1) is 31.4 Å². The van der Waals surface area contributed by atoms with E-state index in [1.165, 1.54) is 0 Å². The zero-order chi connectivity index (χ0) is 26.5. The fraction of sp³-hybridized carbons (Fsp3) is 0.448. The smallest absolute Gasteiger partial charge is 0.295 e. The number of morpholine rings is 1. The first-order chi connectivity index (χ1) is 17.8. The standard InChI is InChI=1S/C29H37N3O5/c1-5-16-37-24-11-8-22(19-20(24)2)27(33)25-26(21-6-9-23(10-7-21)30(3)4)32(29(35)28(25)34)13-12-31-14-17-36-18-15-31/h6-11,19,26,33H,5,12-18H2,1-4H3/t26-/m0/s1. The molecule has 0 aliphatic carbocycles. The highest BCUT2D eigenvalue weighted by atomic mass is 16.5. The van der Waals surface area contributed by atoms with Gasteiger partial charge in [0.25, 0.3) is 11.7 Å². The van der Waals surface area contributed by atoms with Crippen molar-refractivity contribution in [1.29, 1.82) is 0 Å². The monoisotopic (exact) mass is 507 g/mol. The lowest BCUT2D eigenvalue weighted by Gasteiger charge is -2.31. The highest BCUT2D eigenvalue weighted by molar-refractivity contribution is 6.46. The van der Waals surface area contributed by atoms with Crippen molar-refractivity contribution in [1.82, 2.24) is 9.80 Å². The topological polar surface area (TPSA) is 82.5 Å². The van der Waals surface area contributed by atoms with Gasteiger partial charge in [-0.1, -0.05) is 19.1 Å². The number of aliphatic hydroxyl groups is 1. The number of ether oxygens (including phenoxy) is 2. The van der Waals surface area contributed by atoms with Crippen molar-refractivity contribution in [2.45, 2.75) is 26.3 Å². The van der Waals surface area contributed by atoms with Crippen LogP contribution in [0.3, 0.4) is 0 Å². The summed E-state index contributed by atoms with van der Waals surface area (Å²) < 4.78 is 11.2. The van der Waals surface area contributed by atoms with Crippen LogP contribution in [-0.4, -0.2) is 86.7 Å². The van der Waals surface area contributed by atoms with E-state index in [1.54, 1.807) is 23.1 Å². The van der Waals surface area contributed by atoms with Gasteiger partial charge in [-0.2, -0.15) is 0 Å². The van der Waals surface area contributed by atoms with Gasteiger partial charge in [-0.15, -0.1) is 0 Å². The van der Waals surface area contributed by atoms with Crippen LogP contribution in [0.15, 0.2) is 48.0 Å². The number of rotatable bonds is 9. The second-order valence-corrected chi connectivity index (χ2v) is 9.76. The number of carbonyl (C=O) groups excluding carboxylic acids is 2. The number of amides is 1. The van der Waals surface area contributed by atoms with Crippen LogP contribution in [0.4, 0.5) is 5.69 Å². The summed E-state index contributed by atoms with van der Waals surface area (Å²) in [7, 11) is 3.92. The largest absolute Gasteiger partial charge is 0.507 e. The Kier molecular flexibility index (Phi) is 8.51. The molecule has 2 fully saturated rings. The second kappa shape index (κ2) is 11.8. The predicted molar refractivity (Wildman–Crippen MR) is 144 cm³/mol. The van der Waals surface area contributed by atoms with Crippen molar-refractivity contribution in [3.8, 4) is 5.75 Å².